The molecule has 2 unspecified atom stereocenters. The van der Waals surface area contributed by atoms with Gasteiger partial charge in [-0.3, -0.25) is 5.43 Å². The van der Waals surface area contributed by atoms with E-state index in [2.05, 4.69) is 31.7 Å². The first-order valence-electron chi connectivity index (χ1n) is 6.12. The van der Waals surface area contributed by atoms with Crippen LogP contribution in [0, 0.1) is 0 Å². The van der Waals surface area contributed by atoms with Gasteiger partial charge in [-0.25, -0.2) is 10.8 Å². The summed E-state index contributed by atoms with van der Waals surface area (Å²) < 4.78 is 6.10. The SMILES string of the molecule is COCC(C)NC(=NC(C)c1cccc(Br)c1)NN. The number of hydrogen-bond acceptors (Lipinski definition) is 3. The van der Waals surface area contributed by atoms with Crippen LogP contribution in [0.5, 0.6) is 0 Å². The third-order valence-corrected chi connectivity index (χ3v) is 3.08. The fourth-order valence-corrected chi connectivity index (χ4v) is 2.09. The molecule has 0 saturated heterocycles. The number of guanidine groups is 1. The van der Waals surface area contributed by atoms with E-state index in [4.69, 9.17) is 10.6 Å². The van der Waals surface area contributed by atoms with E-state index in [1.165, 1.54) is 0 Å². The minimum absolute atomic E-state index is 0.00537. The Morgan fingerprint density at radius 2 is 2.21 bits per heavy atom. The number of nitrogens with two attached hydrogens (primary N) is 1. The van der Waals surface area contributed by atoms with Crippen LogP contribution in [0.2, 0.25) is 0 Å². The molecule has 1 rings (SSSR count). The van der Waals surface area contributed by atoms with Gasteiger partial charge in [0.1, 0.15) is 0 Å². The number of ether oxygens (including phenoxy) is 1. The lowest BCUT2D eigenvalue weighted by Gasteiger charge is -2.17. The third-order valence-electron chi connectivity index (χ3n) is 2.59. The lowest BCUT2D eigenvalue weighted by atomic mass is 10.1. The molecule has 0 aliphatic carbocycles. The lowest BCUT2D eigenvalue weighted by Crippen LogP contribution is -2.47. The molecule has 0 saturated carbocycles. The molecule has 19 heavy (non-hydrogen) atoms. The topological polar surface area (TPSA) is 71.7 Å². The van der Waals surface area contributed by atoms with Crippen molar-refractivity contribution in [2.45, 2.75) is 25.9 Å². The first kappa shape index (κ1) is 15.9. The molecule has 0 aromatic heterocycles. The highest BCUT2D eigenvalue weighted by atomic mass is 79.9. The number of halogens is 1. The number of nitrogens with zero attached hydrogens (tertiary/aromatic N) is 1. The van der Waals surface area contributed by atoms with Gasteiger partial charge in [0.05, 0.1) is 12.6 Å². The third kappa shape index (κ3) is 5.59. The summed E-state index contributed by atoms with van der Waals surface area (Å²) in [5.41, 5.74) is 3.69. The van der Waals surface area contributed by atoms with Crippen molar-refractivity contribution in [3.8, 4) is 0 Å². The van der Waals surface area contributed by atoms with Crippen LogP contribution < -0.4 is 16.6 Å². The molecule has 6 heteroatoms. The zero-order valence-electron chi connectivity index (χ0n) is 11.5. The van der Waals surface area contributed by atoms with Crippen LogP contribution in [0.1, 0.15) is 25.5 Å². The number of methoxy groups -OCH3 is 1. The standard InChI is InChI=1S/C13H21BrN4O/c1-9(8-19-3)16-13(18-15)17-10(2)11-5-4-6-12(14)7-11/h4-7,9-10H,8,15H2,1-3H3,(H2,16,17,18). The number of rotatable bonds is 5. The van der Waals surface area contributed by atoms with Crippen molar-refractivity contribution < 1.29 is 4.74 Å². The molecule has 2 atom stereocenters. The smallest absolute Gasteiger partial charge is 0.206 e. The van der Waals surface area contributed by atoms with Crippen molar-refractivity contribution in [3.63, 3.8) is 0 Å². The van der Waals surface area contributed by atoms with E-state index in [0.717, 1.165) is 10.0 Å². The molecule has 5 nitrogen and oxygen atoms in total. The largest absolute Gasteiger partial charge is 0.383 e. The van der Waals surface area contributed by atoms with Crippen LogP contribution >= 0.6 is 15.9 Å². The Bertz CT molecular complexity index is 425. The molecule has 106 valence electrons. The number of nitrogens with one attached hydrogen (secondary N) is 2. The van der Waals surface area contributed by atoms with Crippen LogP contribution in [-0.4, -0.2) is 25.7 Å². The molecule has 0 heterocycles. The Morgan fingerprint density at radius 3 is 2.79 bits per heavy atom. The van der Waals surface area contributed by atoms with Gasteiger partial charge in [-0.1, -0.05) is 28.1 Å². The van der Waals surface area contributed by atoms with Crippen molar-refractivity contribution in [3.05, 3.63) is 34.3 Å². The van der Waals surface area contributed by atoms with E-state index >= 15 is 0 Å². The van der Waals surface area contributed by atoms with Crippen molar-refractivity contribution in [2.24, 2.45) is 10.8 Å². The summed E-state index contributed by atoms with van der Waals surface area (Å²) in [7, 11) is 1.66. The molecule has 0 aliphatic rings. The predicted octanol–water partition coefficient (Wildman–Crippen LogP) is 1.95. The predicted molar refractivity (Wildman–Crippen MR) is 81.8 cm³/mol. The number of benzene rings is 1. The van der Waals surface area contributed by atoms with Gasteiger partial charge < -0.3 is 10.1 Å². The number of hydrogen-bond donors (Lipinski definition) is 3. The first-order chi connectivity index (χ1) is 9.06. The van der Waals surface area contributed by atoms with Crippen LogP contribution in [0.4, 0.5) is 0 Å². The van der Waals surface area contributed by atoms with Gasteiger partial charge in [-0.15, -0.1) is 0 Å². The zero-order chi connectivity index (χ0) is 14.3. The van der Waals surface area contributed by atoms with Crippen molar-refractivity contribution in [1.29, 1.82) is 0 Å². The number of aliphatic imine (C=N–C) groups is 1. The van der Waals surface area contributed by atoms with Gasteiger partial charge in [-0.05, 0) is 31.5 Å². The minimum Gasteiger partial charge on any atom is -0.383 e. The summed E-state index contributed by atoms with van der Waals surface area (Å²) in [5, 5.41) is 3.16. The quantitative estimate of drug-likeness (QED) is 0.334. The maximum Gasteiger partial charge on any atom is 0.206 e. The van der Waals surface area contributed by atoms with Crippen LogP contribution in [-0.2, 0) is 4.74 Å². The highest BCUT2D eigenvalue weighted by molar-refractivity contribution is 9.10. The van der Waals surface area contributed by atoms with Gasteiger partial charge in [0, 0.05) is 17.6 Å². The van der Waals surface area contributed by atoms with E-state index in [1.54, 1.807) is 7.11 Å². The summed E-state index contributed by atoms with van der Waals surface area (Å²) >= 11 is 3.45. The highest BCUT2D eigenvalue weighted by Gasteiger charge is 2.08. The van der Waals surface area contributed by atoms with Crippen LogP contribution in [0.3, 0.4) is 0 Å². The normalized spacial score (nSPS) is 14.9. The van der Waals surface area contributed by atoms with Gasteiger partial charge in [-0.2, -0.15) is 0 Å². The molecule has 4 N–H and O–H groups in total. The average molecular weight is 329 g/mol. The van der Waals surface area contributed by atoms with Gasteiger partial charge in [0.15, 0.2) is 0 Å². The monoisotopic (exact) mass is 328 g/mol. The molecular formula is C13H21BrN4O. The van der Waals surface area contributed by atoms with E-state index in [9.17, 15) is 0 Å². The molecule has 0 amide bonds. The van der Waals surface area contributed by atoms with Crippen molar-refractivity contribution in [2.75, 3.05) is 13.7 Å². The Morgan fingerprint density at radius 1 is 1.47 bits per heavy atom. The fourth-order valence-electron chi connectivity index (χ4n) is 1.68. The summed E-state index contributed by atoms with van der Waals surface area (Å²) in [6, 6.07) is 8.19. The average Bonchev–Trinajstić information content (AvgIpc) is 2.38. The molecule has 0 spiro atoms. The molecule has 0 radical (unpaired) electrons. The van der Waals surface area contributed by atoms with Crippen molar-refractivity contribution >= 4 is 21.9 Å². The highest BCUT2D eigenvalue weighted by Crippen LogP contribution is 2.20. The van der Waals surface area contributed by atoms with E-state index in [-0.39, 0.29) is 12.1 Å². The Labute approximate surface area is 122 Å². The maximum absolute atomic E-state index is 5.48. The molecule has 1 aromatic carbocycles. The summed E-state index contributed by atoms with van der Waals surface area (Å²) in [4.78, 5) is 4.52. The van der Waals surface area contributed by atoms with Crippen LogP contribution in [0.15, 0.2) is 33.7 Å². The lowest BCUT2D eigenvalue weighted by molar-refractivity contribution is 0.179. The zero-order valence-corrected chi connectivity index (χ0v) is 13.1. The molecule has 0 aliphatic heterocycles. The first-order valence-corrected chi connectivity index (χ1v) is 6.91. The van der Waals surface area contributed by atoms with Gasteiger partial charge >= 0.3 is 0 Å². The fraction of sp³-hybridized carbons (Fsp3) is 0.462. The van der Waals surface area contributed by atoms with E-state index in [1.807, 2.05) is 38.1 Å². The Kier molecular flexibility index (Phi) is 6.83. The Hall–Kier alpha value is -1.11. The van der Waals surface area contributed by atoms with Crippen LogP contribution in [0.25, 0.3) is 0 Å². The Balaban J connectivity index is 2.74. The molecule has 0 bridgehead atoms. The molecule has 0 fully saturated rings. The second-order valence-electron chi connectivity index (χ2n) is 4.35. The molecular weight excluding hydrogens is 308 g/mol. The maximum atomic E-state index is 5.48. The summed E-state index contributed by atoms with van der Waals surface area (Å²) in [6.07, 6.45) is 0. The van der Waals surface area contributed by atoms with Crippen molar-refractivity contribution in [1.82, 2.24) is 10.7 Å². The molecule has 1 aromatic rings. The van der Waals surface area contributed by atoms with Gasteiger partial charge in [0.25, 0.3) is 0 Å². The second kappa shape index (κ2) is 8.14. The minimum atomic E-state index is 0.00537. The summed E-state index contributed by atoms with van der Waals surface area (Å²) in [6.45, 7) is 4.61. The second-order valence-corrected chi connectivity index (χ2v) is 5.27. The van der Waals surface area contributed by atoms with Gasteiger partial charge in [0.2, 0.25) is 5.96 Å². The summed E-state index contributed by atoms with van der Waals surface area (Å²) in [5.74, 6) is 6.03. The van der Waals surface area contributed by atoms with E-state index in [0.29, 0.717) is 12.6 Å². The van der Waals surface area contributed by atoms with E-state index < -0.39 is 0 Å². The number of hydrazine groups is 1.